The van der Waals surface area contributed by atoms with Gasteiger partial charge in [-0.25, -0.2) is 0 Å². The summed E-state index contributed by atoms with van der Waals surface area (Å²) in [6.45, 7) is 3.82. The third-order valence-corrected chi connectivity index (χ3v) is 5.61. The van der Waals surface area contributed by atoms with Gasteiger partial charge in [-0.1, -0.05) is 18.2 Å². The predicted molar refractivity (Wildman–Crippen MR) is 124 cm³/mol. The molecule has 1 aliphatic heterocycles. The molecule has 4 rings (SSSR count). The van der Waals surface area contributed by atoms with Gasteiger partial charge in [-0.3, -0.25) is 14.4 Å². The molecule has 0 bridgehead atoms. The molecule has 0 fully saturated rings. The number of aliphatic hydroxyl groups excluding tert-OH is 1. The molecule has 0 saturated heterocycles. The zero-order valence-corrected chi connectivity index (χ0v) is 18.4. The Hall–Kier alpha value is -3.91. The number of furan rings is 1. The number of rotatable bonds is 5. The van der Waals surface area contributed by atoms with Crippen molar-refractivity contribution in [2.75, 3.05) is 29.5 Å². The van der Waals surface area contributed by atoms with Gasteiger partial charge in [-0.15, -0.1) is 0 Å². The average Bonchev–Trinajstić information content (AvgIpc) is 3.36. The van der Waals surface area contributed by atoms with E-state index in [2.05, 4.69) is 5.32 Å². The third kappa shape index (κ3) is 4.38. The summed E-state index contributed by atoms with van der Waals surface area (Å²) in [4.78, 5) is 40.9. The van der Waals surface area contributed by atoms with E-state index in [1.54, 1.807) is 34.1 Å². The van der Waals surface area contributed by atoms with Crippen LogP contribution in [0.1, 0.15) is 34.8 Å². The summed E-state index contributed by atoms with van der Waals surface area (Å²) < 4.78 is 5.33. The van der Waals surface area contributed by atoms with Crippen LogP contribution in [-0.2, 0) is 4.79 Å². The smallest absolute Gasteiger partial charge is 0.294 e. The van der Waals surface area contributed by atoms with E-state index in [4.69, 9.17) is 9.52 Å². The van der Waals surface area contributed by atoms with Gasteiger partial charge in [0.15, 0.2) is 5.76 Å². The quantitative estimate of drug-likeness (QED) is 0.626. The topological polar surface area (TPSA) is 103 Å². The van der Waals surface area contributed by atoms with E-state index in [0.717, 1.165) is 11.1 Å². The van der Waals surface area contributed by atoms with Gasteiger partial charge in [0, 0.05) is 25.6 Å². The first-order chi connectivity index (χ1) is 15.9. The minimum Gasteiger partial charge on any atom is -0.459 e. The Kier molecular flexibility index (Phi) is 6.28. The highest BCUT2D eigenvalue weighted by Gasteiger charge is 2.35. The fourth-order valence-corrected chi connectivity index (χ4v) is 4.10. The van der Waals surface area contributed by atoms with Crippen molar-refractivity contribution in [2.24, 2.45) is 0 Å². The molecule has 3 amide bonds. The monoisotopic (exact) mass is 447 g/mol. The van der Waals surface area contributed by atoms with Crippen LogP contribution in [0.15, 0.2) is 65.3 Å². The van der Waals surface area contributed by atoms with E-state index >= 15 is 0 Å². The molecule has 2 heterocycles. The van der Waals surface area contributed by atoms with Crippen LogP contribution >= 0.6 is 0 Å². The fourth-order valence-electron chi connectivity index (χ4n) is 4.10. The second-order valence-corrected chi connectivity index (χ2v) is 7.89. The largest absolute Gasteiger partial charge is 0.459 e. The maximum absolute atomic E-state index is 13.2. The second kappa shape index (κ2) is 9.30. The van der Waals surface area contributed by atoms with E-state index < -0.39 is 0 Å². The van der Waals surface area contributed by atoms with Crippen molar-refractivity contribution in [3.63, 3.8) is 0 Å². The molecule has 2 aromatic carbocycles. The zero-order valence-electron chi connectivity index (χ0n) is 18.4. The predicted octanol–water partition coefficient (Wildman–Crippen LogP) is 3.07. The summed E-state index contributed by atoms with van der Waals surface area (Å²) in [5.74, 6) is -0.403. The SMILES string of the molecule is CC(=O)N1c2ccc(-c3ccc(C(=O)NCCO)cc3)cc2N(C(=O)c2ccco2)C[C@@H]1C. The lowest BCUT2D eigenvalue weighted by atomic mass is 9.99. The molecule has 0 saturated carbocycles. The first-order valence-electron chi connectivity index (χ1n) is 10.7. The number of nitrogens with one attached hydrogen (secondary N) is 1. The van der Waals surface area contributed by atoms with E-state index in [1.807, 2.05) is 37.3 Å². The van der Waals surface area contributed by atoms with Crippen LogP contribution in [0.5, 0.6) is 0 Å². The van der Waals surface area contributed by atoms with Gasteiger partial charge in [-0.2, -0.15) is 0 Å². The molecule has 8 nitrogen and oxygen atoms in total. The van der Waals surface area contributed by atoms with Crippen LogP contribution in [0.2, 0.25) is 0 Å². The molecule has 1 aliphatic rings. The van der Waals surface area contributed by atoms with Crippen LogP contribution in [0, 0.1) is 0 Å². The molecule has 0 spiro atoms. The molecule has 0 unspecified atom stereocenters. The summed E-state index contributed by atoms with van der Waals surface area (Å²) >= 11 is 0. The number of hydrogen-bond acceptors (Lipinski definition) is 5. The van der Waals surface area contributed by atoms with Crippen molar-refractivity contribution in [3.8, 4) is 11.1 Å². The molecule has 3 aromatic rings. The number of benzene rings is 2. The van der Waals surface area contributed by atoms with E-state index in [9.17, 15) is 14.4 Å². The van der Waals surface area contributed by atoms with Gasteiger partial charge in [0.25, 0.3) is 11.8 Å². The van der Waals surface area contributed by atoms with Gasteiger partial charge in [0.05, 0.1) is 30.3 Å². The lowest BCUT2D eigenvalue weighted by Gasteiger charge is -2.40. The van der Waals surface area contributed by atoms with Crippen molar-refractivity contribution < 1.29 is 23.9 Å². The zero-order chi connectivity index (χ0) is 23.5. The first-order valence-corrected chi connectivity index (χ1v) is 10.7. The maximum atomic E-state index is 13.2. The maximum Gasteiger partial charge on any atom is 0.294 e. The van der Waals surface area contributed by atoms with Gasteiger partial charge in [-0.05, 0) is 54.4 Å². The molecule has 1 aromatic heterocycles. The summed E-state index contributed by atoms with van der Waals surface area (Å²) in [6, 6.07) is 15.7. The number of hydrogen-bond donors (Lipinski definition) is 2. The first kappa shape index (κ1) is 22.3. The van der Waals surface area contributed by atoms with E-state index in [1.165, 1.54) is 13.2 Å². The Bertz CT molecular complexity index is 1170. The molecule has 2 N–H and O–H groups in total. The number of carbonyl (C=O) groups excluding carboxylic acids is 3. The minimum atomic E-state index is -0.274. The highest BCUT2D eigenvalue weighted by molar-refractivity contribution is 6.10. The molecule has 0 aliphatic carbocycles. The Balaban J connectivity index is 1.72. The summed E-state index contributed by atoms with van der Waals surface area (Å²) in [5, 5.41) is 11.5. The summed E-state index contributed by atoms with van der Waals surface area (Å²) in [7, 11) is 0. The Morgan fingerprint density at radius 1 is 1.06 bits per heavy atom. The lowest BCUT2D eigenvalue weighted by Crippen LogP contribution is -2.51. The Morgan fingerprint density at radius 2 is 1.79 bits per heavy atom. The van der Waals surface area contributed by atoms with Crippen molar-refractivity contribution in [1.29, 1.82) is 0 Å². The molecular formula is C25H25N3O5. The van der Waals surface area contributed by atoms with Crippen molar-refractivity contribution >= 4 is 29.1 Å². The number of amides is 3. The molecule has 1 atom stereocenters. The van der Waals surface area contributed by atoms with E-state index in [-0.39, 0.29) is 42.7 Å². The minimum absolute atomic E-state index is 0.0974. The van der Waals surface area contributed by atoms with Gasteiger partial charge in [0.1, 0.15) is 0 Å². The Morgan fingerprint density at radius 3 is 2.42 bits per heavy atom. The lowest BCUT2D eigenvalue weighted by molar-refractivity contribution is -0.117. The van der Waals surface area contributed by atoms with Crippen LogP contribution in [0.3, 0.4) is 0 Å². The van der Waals surface area contributed by atoms with Gasteiger partial charge >= 0.3 is 0 Å². The normalized spacial score (nSPS) is 15.2. The number of nitrogens with zero attached hydrogens (tertiary/aromatic N) is 2. The highest BCUT2D eigenvalue weighted by Crippen LogP contribution is 2.39. The number of anilines is 2. The molecule has 8 heteroatoms. The van der Waals surface area contributed by atoms with Gasteiger partial charge in [0.2, 0.25) is 5.91 Å². The summed E-state index contributed by atoms with van der Waals surface area (Å²) in [5.41, 5.74) is 3.45. The fraction of sp³-hybridized carbons (Fsp3) is 0.240. The number of fused-ring (bicyclic) bond motifs is 1. The Labute approximate surface area is 191 Å². The van der Waals surface area contributed by atoms with Gasteiger partial charge < -0.3 is 24.6 Å². The van der Waals surface area contributed by atoms with Crippen molar-refractivity contribution in [3.05, 3.63) is 72.2 Å². The van der Waals surface area contributed by atoms with E-state index in [0.29, 0.717) is 23.5 Å². The molecular weight excluding hydrogens is 422 g/mol. The number of aliphatic hydroxyl groups is 1. The molecule has 0 radical (unpaired) electrons. The number of carbonyl (C=O) groups is 3. The van der Waals surface area contributed by atoms with Crippen molar-refractivity contribution in [1.82, 2.24) is 5.32 Å². The van der Waals surface area contributed by atoms with Crippen LogP contribution in [0.4, 0.5) is 11.4 Å². The second-order valence-electron chi connectivity index (χ2n) is 7.89. The van der Waals surface area contributed by atoms with Crippen LogP contribution < -0.4 is 15.1 Å². The standard InChI is InChI=1S/C25H25N3O5/c1-16-15-27(25(32)23-4-3-13-33-23)22-14-20(9-10-21(22)28(16)17(2)30)18-5-7-19(8-6-18)24(31)26-11-12-29/h3-10,13-14,16,29H,11-12,15H2,1-2H3,(H,26,31)/t16-/m0/s1. The van der Waals surface area contributed by atoms with Crippen LogP contribution in [0.25, 0.3) is 11.1 Å². The van der Waals surface area contributed by atoms with Crippen LogP contribution in [-0.4, -0.2) is 48.6 Å². The molecule has 33 heavy (non-hydrogen) atoms. The average molecular weight is 447 g/mol. The highest BCUT2D eigenvalue weighted by atomic mass is 16.3. The summed E-state index contributed by atoms with van der Waals surface area (Å²) in [6.07, 6.45) is 1.46. The molecule has 170 valence electrons. The third-order valence-electron chi connectivity index (χ3n) is 5.61. The van der Waals surface area contributed by atoms with Crippen molar-refractivity contribution in [2.45, 2.75) is 19.9 Å².